The van der Waals surface area contributed by atoms with Gasteiger partial charge in [0.1, 0.15) is 5.83 Å². The molecule has 2 heteroatoms. The Bertz CT molecular complexity index is 670. The molecule has 0 fully saturated rings. The van der Waals surface area contributed by atoms with E-state index in [0.29, 0.717) is 0 Å². The van der Waals surface area contributed by atoms with Gasteiger partial charge in [-0.3, -0.25) is 0 Å². The second-order valence-corrected chi connectivity index (χ2v) is 5.66. The van der Waals surface area contributed by atoms with Crippen molar-refractivity contribution in [3.8, 4) is 0 Å². The van der Waals surface area contributed by atoms with E-state index in [1.165, 1.54) is 6.08 Å². The zero-order valence-corrected chi connectivity index (χ0v) is 11.4. The third kappa shape index (κ3) is 2.67. The van der Waals surface area contributed by atoms with Crippen LogP contribution in [0, 0.1) is 5.92 Å². The van der Waals surface area contributed by atoms with Crippen molar-refractivity contribution in [3.05, 3.63) is 81.4 Å². The lowest BCUT2D eigenvalue weighted by molar-refractivity contribution is 0.663. The van der Waals surface area contributed by atoms with Gasteiger partial charge in [0.05, 0.1) is 0 Å². The SMILES string of the molecule is CC1C2=C=C(C=CC=C2)CSC2=C=C1C=C(F)C=C2. The first kappa shape index (κ1) is 12.3. The van der Waals surface area contributed by atoms with Gasteiger partial charge in [-0.15, -0.1) is 23.2 Å². The van der Waals surface area contributed by atoms with Gasteiger partial charge < -0.3 is 0 Å². The molecule has 2 aliphatic carbocycles. The molecule has 0 nitrogen and oxygen atoms in total. The first-order chi connectivity index (χ1) is 9.22. The van der Waals surface area contributed by atoms with Gasteiger partial charge in [-0.25, -0.2) is 4.39 Å². The molecule has 94 valence electrons. The molecule has 4 bridgehead atoms. The molecular formula is C17H13FS. The molecule has 19 heavy (non-hydrogen) atoms. The van der Waals surface area contributed by atoms with Gasteiger partial charge >= 0.3 is 0 Å². The van der Waals surface area contributed by atoms with Gasteiger partial charge in [-0.05, 0) is 18.2 Å². The summed E-state index contributed by atoms with van der Waals surface area (Å²) in [6, 6.07) is 0. The minimum atomic E-state index is -0.217. The van der Waals surface area contributed by atoms with Crippen molar-refractivity contribution in [2.45, 2.75) is 6.92 Å². The molecular weight excluding hydrogens is 255 g/mol. The third-order valence-electron chi connectivity index (χ3n) is 3.26. The van der Waals surface area contributed by atoms with Gasteiger partial charge in [0.15, 0.2) is 0 Å². The lowest BCUT2D eigenvalue weighted by atomic mass is 9.92. The molecule has 0 aromatic rings. The van der Waals surface area contributed by atoms with Crippen LogP contribution in [0.15, 0.2) is 81.4 Å². The maximum atomic E-state index is 13.6. The summed E-state index contributed by atoms with van der Waals surface area (Å²) in [7, 11) is 0. The fourth-order valence-corrected chi connectivity index (χ4v) is 2.98. The topological polar surface area (TPSA) is 0 Å². The maximum Gasteiger partial charge on any atom is 0.124 e. The summed E-state index contributed by atoms with van der Waals surface area (Å²) in [6.07, 6.45) is 13.0. The van der Waals surface area contributed by atoms with Gasteiger partial charge in [-0.1, -0.05) is 31.2 Å². The maximum absolute atomic E-state index is 13.6. The van der Waals surface area contributed by atoms with Crippen LogP contribution >= 0.6 is 11.8 Å². The first-order valence-corrected chi connectivity index (χ1v) is 7.24. The quantitative estimate of drug-likeness (QED) is 0.570. The van der Waals surface area contributed by atoms with E-state index in [2.05, 4.69) is 24.5 Å². The number of hydrogen-bond donors (Lipinski definition) is 0. The zero-order chi connectivity index (χ0) is 13.2. The number of hydrogen-bond acceptors (Lipinski definition) is 1. The van der Waals surface area contributed by atoms with Crippen LogP contribution in [0.5, 0.6) is 0 Å². The summed E-state index contributed by atoms with van der Waals surface area (Å²) < 4.78 is 13.6. The largest absolute Gasteiger partial charge is 0.207 e. The molecule has 0 saturated heterocycles. The van der Waals surface area contributed by atoms with Crippen LogP contribution < -0.4 is 0 Å². The fourth-order valence-electron chi connectivity index (χ4n) is 2.15. The van der Waals surface area contributed by atoms with Crippen molar-refractivity contribution in [1.29, 1.82) is 0 Å². The molecule has 3 rings (SSSR count). The second kappa shape index (κ2) is 5.11. The highest BCUT2D eigenvalue weighted by atomic mass is 32.2. The van der Waals surface area contributed by atoms with E-state index < -0.39 is 0 Å². The smallest absolute Gasteiger partial charge is 0.124 e. The van der Waals surface area contributed by atoms with Gasteiger partial charge in [-0.2, -0.15) is 0 Å². The minimum absolute atomic E-state index is 0.0884. The number of thioether (sulfide) groups is 1. The van der Waals surface area contributed by atoms with Crippen molar-refractivity contribution in [3.63, 3.8) is 0 Å². The highest BCUT2D eigenvalue weighted by Gasteiger charge is 2.15. The van der Waals surface area contributed by atoms with Crippen LogP contribution in [0.4, 0.5) is 4.39 Å². The summed E-state index contributed by atoms with van der Waals surface area (Å²) in [5.41, 5.74) is 9.89. The Balaban J connectivity index is 2.16. The Kier molecular flexibility index (Phi) is 3.31. The predicted octanol–water partition coefficient (Wildman–Crippen LogP) is 4.78. The molecule has 1 atom stereocenters. The van der Waals surface area contributed by atoms with E-state index in [1.807, 2.05) is 18.2 Å². The Morgan fingerprint density at radius 3 is 2.84 bits per heavy atom. The van der Waals surface area contributed by atoms with Gasteiger partial charge in [0, 0.05) is 33.3 Å². The molecule has 1 unspecified atom stereocenters. The minimum Gasteiger partial charge on any atom is -0.207 e. The van der Waals surface area contributed by atoms with Crippen LogP contribution in [0.2, 0.25) is 0 Å². The number of allylic oxidation sites excluding steroid dienone is 8. The van der Waals surface area contributed by atoms with E-state index in [-0.39, 0.29) is 11.7 Å². The van der Waals surface area contributed by atoms with E-state index in [0.717, 1.165) is 27.4 Å². The van der Waals surface area contributed by atoms with Crippen molar-refractivity contribution < 1.29 is 4.39 Å². The van der Waals surface area contributed by atoms with E-state index >= 15 is 0 Å². The Morgan fingerprint density at radius 1 is 1.11 bits per heavy atom. The average molecular weight is 268 g/mol. The molecule has 3 aliphatic rings. The van der Waals surface area contributed by atoms with Crippen LogP contribution in [0.25, 0.3) is 0 Å². The summed E-state index contributed by atoms with van der Waals surface area (Å²) in [6.45, 7) is 2.07. The van der Waals surface area contributed by atoms with Crippen molar-refractivity contribution in [2.75, 3.05) is 5.75 Å². The molecule has 1 aliphatic heterocycles. The third-order valence-corrected chi connectivity index (χ3v) is 4.26. The van der Waals surface area contributed by atoms with Crippen LogP contribution in [0.3, 0.4) is 0 Å². The van der Waals surface area contributed by atoms with E-state index in [4.69, 9.17) is 0 Å². The van der Waals surface area contributed by atoms with Crippen LogP contribution in [-0.4, -0.2) is 5.75 Å². The Hall–Kier alpha value is -1.72. The number of halogens is 1. The molecule has 0 aromatic carbocycles. The average Bonchev–Trinajstić information content (AvgIpc) is 2.71. The highest BCUT2D eigenvalue weighted by Crippen LogP contribution is 2.31. The van der Waals surface area contributed by atoms with Crippen molar-refractivity contribution in [2.24, 2.45) is 5.92 Å². The van der Waals surface area contributed by atoms with Crippen LogP contribution in [0.1, 0.15) is 6.92 Å². The molecule has 1 heterocycles. The standard InChI is InChI=1S/C17H13FS/c1-12-14-5-3-2-4-13(8-14)11-19-17-7-6-16(18)9-15(12)10-17/h2-7,9,12H,11H2,1H3. The molecule has 0 radical (unpaired) electrons. The van der Waals surface area contributed by atoms with Crippen molar-refractivity contribution in [1.82, 2.24) is 0 Å². The van der Waals surface area contributed by atoms with E-state index in [1.54, 1.807) is 23.9 Å². The van der Waals surface area contributed by atoms with Crippen molar-refractivity contribution >= 4 is 11.8 Å². The first-order valence-electron chi connectivity index (χ1n) is 6.26. The molecule has 0 saturated carbocycles. The predicted molar refractivity (Wildman–Crippen MR) is 79.3 cm³/mol. The summed E-state index contributed by atoms with van der Waals surface area (Å²) >= 11 is 1.67. The zero-order valence-electron chi connectivity index (χ0n) is 10.6. The van der Waals surface area contributed by atoms with E-state index in [9.17, 15) is 4.39 Å². The summed E-state index contributed by atoms with van der Waals surface area (Å²) in [5, 5.41) is 0. The normalized spacial score (nSPS) is 24.7. The molecule has 0 amide bonds. The van der Waals surface area contributed by atoms with Gasteiger partial charge in [0.2, 0.25) is 0 Å². The monoisotopic (exact) mass is 268 g/mol. The summed E-state index contributed by atoms with van der Waals surface area (Å²) in [5.74, 6) is 0.701. The molecule has 0 N–H and O–H groups in total. The molecule has 0 spiro atoms. The summed E-state index contributed by atoms with van der Waals surface area (Å²) in [4.78, 5) is 0.976. The lowest BCUT2D eigenvalue weighted by Crippen LogP contribution is -1.99. The Labute approximate surface area is 116 Å². The highest BCUT2D eigenvalue weighted by molar-refractivity contribution is 8.03. The Morgan fingerprint density at radius 2 is 1.95 bits per heavy atom. The second-order valence-electron chi connectivity index (χ2n) is 4.64. The van der Waals surface area contributed by atoms with Crippen LogP contribution in [-0.2, 0) is 0 Å². The number of rotatable bonds is 0. The lowest BCUT2D eigenvalue weighted by Gasteiger charge is -2.10. The molecule has 0 aromatic heterocycles. The fraction of sp³-hybridized carbons (Fsp3) is 0.176. The van der Waals surface area contributed by atoms with Gasteiger partial charge in [0.25, 0.3) is 0 Å².